The fraction of sp³-hybridized carbons (Fsp3) is 0.167. The van der Waals surface area contributed by atoms with Crippen LogP contribution in [0.25, 0.3) is 0 Å². The van der Waals surface area contributed by atoms with Crippen molar-refractivity contribution < 1.29 is 8.78 Å². The second kappa shape index (κ2) is 5.16. The summed E-state index contributed by atoms with van der Waals surface area (Å²) >= 11 is 0. The molecule has 6 heteroatoms. The highest BCUT2D eigenvalue weighted by atomic mass is 19.1. The number of aryl methyl sites for hydroxylation is 1. The molecule has 1 heterocycles. The molecular weight excluding hydrogens is 238 g/mol. The van der Waals surface area contributed by atoms with Crippen molar-refractivity contribution in [3.05, 3.63) is 59.2 Å². The Morgan fingerprint density at radius 1 is 1.28 bits per heavy atom. The van der Waals surface area contributed by atoms with Crippen LogP contribution in [-0.2, 0) is 0 Å². The number of aromatic nitrogens is 2. The third kappa shape index (κ3) is 2.20. The minimum atomic E-state index is -0.854. The van der Waals surface area contributed by atoms with Gasteiger partial charge in [0, 0.05) is 11.8 Å². The third-order valence-corrected chi connectivity index (χ3v) is 2.68. The molecule has 0 fully saturated rings. The van der Waals surface area contributed by atoms with Gasteiger partial charge in [0.15, 0.2) is 0 Å². The standard InChI is InChI=1S/C12H12F2N4/c1-7-2-3-8(13)10(11(7)14)12(18-15)9-4-5-16-6-17-9/h2-6,12,18H,15H2,1H3. The number of nitrogens with two attached hydrogens (primary N) is 1. The van der Waals surface area contributed by atoms with Gasteiger partial charge in [0.05, 0.1) is 11.7 Å². The van der Waals surface area contributed by atoms with Crippen LogP contribution in [0.3, 0.4) is 0 Å². The van der Waals surface area contributed by atoms with E-state index in [2.05, 4.69) is 15.4 Å². The molecular formula is C12H12F2N4. The molecule has 2 rings (SSSR count). The molecule has 1 unspecified atom stereocenters. The van der Waals surface area contributed by atoms with Gasteiger partial charge in [-0.1, -0.05) is 6.07 Å². The first kappa shape index (κ1) is 12.5. The average Bonchev–Trinajstić information content (AvgIpc) is 2.40. The number of hydrogen-bond donors (Lipinski definition) is 2. The maximum absolute atomic E-state index is 14.0. The summed E-state index contributed by atoms with van der Waals surface area (Å²) in [5, 5.41) is 0. The second-order valence-corrected chi connectivity index (χ2v) is 3.83. The zero-order valence-electron chi connectivity index (χ0n) is 9.69. The van der Waals surface area contributed by atoms with Crippen LogP contribution in [0.4, 0.5) is 8.78 Å². The Labute approximate surface area is 103 Å². The van der Waals surface area contributed by atoms with Crippen LogP contribution in [-0.4, -0.2) is 9.97 Å². The smallest absolute Gasteiger partial charge is 0.134 e. The van der Waals surface area contributed by atoms with Crippen LogP contribution in [0, 0.1) is 18.6 Å². The summed E-state index contributed by atoms with van der Waals surface area (Å²) in [6.07, 6.45) is 2.78. The van der Waals surface area contributed by atoms with Crippen LogP contribution in [0.5, 0.6) is 0 Å². The van der Waals surface area contributed by atoms with E-state index in [1.165, 1.54) is 24.7 Å². The van der Waals surface area contributed by atoms with E-state index in [9.17, 15) is 8.78 Å². The van der Waals surface area contributed by atoms with E-state index in [0.717, 1.165) is 0 Å². The monoisotopic (exact) mass is 250 g/mol. The van der Waals surface area contributed by atoms with Crippen molar-refractivity contribution in [1.82, 2.24) is 15.4 Å². The molecule has 1 aromatic heterocycles. The summed E-state index contributed by atoms with van der Waals surface area (Å²) in [6, 6.07) is 3.28. The summed E-state index contributed by atoms with van der Waals surface area (Å²) in [4.78, 5) is 7.70. The topological polar surface area (TPSA) is 63.8 Å². The largest absolute Gasteiger partial charge is 0.271 e. The minimum absolute atomic E-state index is 0.142. The zero-order valence-corrected chi connectivity index (χ0v) is 9.69. The van der Waals surface area contributed by atoms with Crippen molar-refractivity contribution >= 4 is 0 Å². The fourth-order valence-electron chi connectivity index (χ4n) is 1.73. The summed E-state index contributed by atoms with van der Waals surface area (Å²) in [6.45, 7) is 1.56. The normalized spacial score (nSPS) is 12.4. The van der Waals surface area contributed by atoms with E-state index in [1.807, 2.05) is 0 Å². The third-order valence-electron chi connectivity index (χ3n) is 2.68. The van der Waals surface area contributed by atoms with Gasteiger partial charge in [0.25, 0.3) is 0 Å². The van der Waals surface area contributed by atoms with E-state index in [0.29, 0.717) is 11.3 Å². The Balaban J connectivity index is 2.56. The molecule has 4 nitrogen and oxygen atoms in total. The lowest BCUT2D eigenvalue weighted by Gasteiger charge is -2.17. The molecule has 0 aliphatic carbocycles. The molecule has 0 saturated carbocycles. The SMILES string of the molecule is Cc1ccc(F)c(C(NN)c2ccncn2)c1F. The van der Waals surface area contributed by atoms with E-state index in [1.54, 1.807) is 13.0 Å². The Morgan fingerprint density at radius 2 is 2.06 bits per heavy atom. The lowest BCUT2D eigenvalue weighted by molar-refractivity contribution is 0.501. The highest BCUT2D eigenvalue weighted by molar-refractivity contribution is 5.33. The Bertz CT molecular complexity index is 545. The lowest BCUT2D eigenvalue weighted by Crippen LogP contribution is -2.31. The molecule has 2 aromatic rings. The minimum Gasteiger partial charge on any atom is -0.271 e. The predicted octanol–water partition coefficient (Wildman–Crippen LogP) is 1.62. The van der Waals surface area contributed by atoms with Crippen molar-refractivity contribution in [2.24, 2.45) is 5.84 Å². The van der Waals surface area contributed by atoms with Gasteiger partial charge in [-0.2, -0.15) is 0 Å². The maximum Gasteiger partial charge on any atom is 0.134 e. The van der Waals surface area contributed by atoms with E-state index in [4.69, 9.17) is 5.84 Å². The highest BCUT2D eigenvalue weighted by Gasteiger charge is 2.23. The maximum atomic E-state index is 14.0. The molecule has 0 saturated heterocycles. The van der Waals surface area contributed by atoms with Crippen molar-refractivity contribution in [2.75, 3.05) is 0 Å². The Kier molecular flexibility index (Phi) is 3.59. The quantitative estimate of drug-likeness (QED) is 0.641. The van der Waals surface area contributed by atoms with Crippen LogP contribution in [0.15, 0.2) is 30.7 Å². The highest BCUT2D eigenvalue weighted by Crippen LogP contribution is 2.26. The number of hydrogen-bond acceptors (Lipinski definition) is 4. The lowest BCUT2D eigenvalue weighted by atomic mass is 10.0. The molecule has 3 N–H and O–H groups in total. The predicted molar refractivity (Wildman–Crippen MR) is 62.3 cm³/mol. The number of benzene rings is 1. The van der Waals surface area contributed by atoms with Gasteiger partial charge in [-0.3, -0.25) is 5.84 Å². The molecule has 0 aliphatic rings. The number of hydrazine groups is 1. The number of halogens is 2. The van der Waals surface area contributed by atoms with Crippen molar-refractivity contribution in [2.45, 2.75) is 13.0 Å². The molecule has 0 radical (unpaired) electrons. The molecule has 1 atom stereocenters. The Morgan fingerprint density at radius 3 is 2.67 bits per heavy atom. The fourth-order valence-corrected chi connectivity index (χ4v) is 1.73. The molecule has 0 spiro atoms. The molecule has 1 aromatic carbocycles. The van der Waals surface area contributed by atoms with Gasteiger partial charge in [-0.15, -0.1) is 0 Å². The number of rotatable bonds is 3. The van der Waals surface area contributed by atoms with E-state index >= 15 is 0 Å². The van der Waals surface area contributed by atoms with Crippen molar-refractivity contribution in [1.29, 1.82) is 0 Å². The summed E-state index contributed by atoms with van der Waals surface area (Å²) in [5.41, 5.74) is 2.98. The summed E-state index contributed by atoms with van der Waals surface area (Å²) < 4.78 is 27.8. The van der Waals surface area contributed by atoms with Gasteiger partial charge in [-0.25, -0.2) is 24.2 Å². The van der Waals surface area contributed by atoms with Crippen molar-refractivity contribution in [3.8, 4) is 0 Å². The first-order chi connectivity index (χ1) is 8.65. The molecule has 18 heavy (non-hydrogen) atoms. The van der Waals surface area contributed by atoms with Gasteiger partial charge < -0.3 is 0 Å². The van der Waals surface area contributed by atoms with Gasteiger partial charge >= 0.3 is 0 Å². The number of nitrogens with one attached hydrogen (secondary N) is 1. The second-order valence-electron chi connectivity index (χ2n) is 3.83. The van der Waals surface area contributed by atoms with Crippen LogP contribution in [0.1, 0.15) is 22.9 Å². The molecule has 0 amide bonds. The van der Waals surface area contributed by atoms with Gasteiger partial charge in [-0.05, 0) is 24.6 Å². The molecule has 0 aliphatic heterocycles. The van der Waals surface area contributed by atoms with Crippen molar-refractivity contribution in [3.63, 3.8) is 0 Å². The van der Waals surface area contributed by atoms with Crippen LogP contribution < -0.4 is 11.3 Å². The molecule has 94 valence electrons. The Hall–Kier alpha value is -1.92. The first-order valence-corrected chi connectivity index (χ1v) is 5.31. The average molecular weight is 250 g/mol. The summed E-state index contributed by atoms with van der Waals surface area (Å²) in [5.74, 6) is 4.09. The van der Waals surface area contributed by atoms with Gasteiger partial charge in [0.1, 0.15) is 18.0 Å². The van der Waals surface area contributed by atoms with Crippen LogP contribution in [0.2, 0.25) is 0 Å². The zero-order chi connectivity index (χ0) is 13.1. The molecule has 0 bridgehead atoms. The van der Waals surface area contributed by atoms with E-state index in [-0.39, 0.29) is 5.56 Å². The number of nitrogens with zero attached hydrogens (tertiary/aromatic N) is 2. The first-order valence-electron chi connectivity index (χ1n) is 5.31. The van der Waals surface area contributed by atoms with Crippen LogP contribution >= 0.6 is 0 Å². The van der Waals surface area contributed by atoms with Gasteiger partial charge in [0.2, 0.25) is 0 Å². The summed E-state index contributed by atoms with van der Waals surface area (Å²) in [7, 11) is 0. The van der Waals surface area contributed by atoms with E-state index < -0.39 is 17.7 Å².